The third-order valence-electron chi connectivity index (χ3n) is 0. The maximum atomic E-state index is 8.55. The summed E-state index contributed by atoms with van der Waals surface area (Å²) in [6.07, 6.45) is 0. The third-order valence-corrected chi connectivity index (χ3v) is 0. The second-order valence-corrected chi connectivity index (χ2v) is 1.34. The van der Waals surface area contributed by atoms with Crippen LogP contribution in [0.25, 0.3) is 0 Å². The molecular formula is Ca2LiO4P+2. The first-order valence-electron chi connectivity index (χ1n) is 0.730. The molecule has 0 aromatic rings. The SMILES string of the molecule is O=P([O-])([O-])[O-].[Ca+2].[Ca+2].[Li+]. The molecule has 8 heavy (non-hydrogen) atoms. The van der Waals surface area contributed by atoms with Gasteiger partial charge in [0.2, 0.25) is 0 Å². The first-order chi connectivity index (χ1) is 2.00. The molecule has 32 valence electrons. The van der Waals surface area contributed by atoms with Gasteiger partial charge in [-0.2, -0.15) is 7.82 Å². The van der Waals surface area contributed by atoms with Crippen LogP contribution in [0.4, 0.5) is 0 Å². The van der Waals surface area contributed by atoms with E-state index in [4.69, 9.17) is 19.2 Å². The van der Waals surface area contributed by atoms with E-state index < -0.39 is 7.82 Å². The predicted octanol–water partition coefficient (Wildman–Crippen LogP) is -6.58. The van der Waals surface area contributed by atoms with Gasteiger partial charge in [0.15, 0.2) is 0 Å². The summed E-state index contributed by atoms with van der Waals surface area (Å²) >= 11 is 0. The van der Waals surface area contributed by atoms with Crippen LogP contribution in [0.15, 0.2) is 0 Å². The molecule has 0 amide bonds. The van der Waals surface area contributed by atoms with Crippen molar-refractivity contribution >= 4 is 83.3 Å². The summed E-state index contributed by atoms with van der Waals surface area (Å²) in [5, 5.41) is 0. The minimum atomic E-state index is -5.39. The van der Waals surface area contributed by atoms with Crippen molar-refractivity contribution in [3.05, 3.63) is 0 Å². The standard InChI is InChI=1S/2Ca.Li.H3O4P/c;;;1-5(2,3)4/h;;;(H3,1,2,3,4)/q2*+2;+1;/p-3. The van der Waals surface area contributed by atoms with Crippen LogP contribution < -0.4 is 33.5 Å². The molecule has 0 atom stereocenters. The van der Waals surface area contributed by atoms with Gasteiger partial charge >= 0.3 is 94.3 Å². The monoisotopic (exact) mass is 182 g/mol. The molecule has 0 radical (unpaired) electrons. The molecule has 0 aliphatic carbocycles. The van der Waals surface area contributed by atoms with E-state index in [-0.39, 0.29) is 94.3 Å². The van der Waals surface area contributed by atoms with Crippen molar-refractivity contribution in [3.8, 4) is 0 Å². The maximum Gasteiger partial charge on any atom is 2.00 e. The van der Waals surface area contributed by atoms with E-state index in [0.717, 1.165) is 0 Å². The summed E-state index contributed by atoms with van der Waals surface area (Å²) in [5.74, 6) is 0. The molecule has 0 aliphatic heterocycles. The fraction of sp³-hybridized carbons (Fsp3) is 0. The van der Waals surface area contributed by atoms with Crippen molar-refractivity contribution in [1.29, 1.82) is 0 Å². The molecule has 0 aromatic heterocycles. The molecule has 0 unspecified atom stereocenters. The van der Waals surface area contributed by atoms with E-state index in [1.807, 2.05) is 0 Å². The average Bonchev–Trinajstić information content (AvgIpc) is 0.722. The summed E-state index contributed by atoms with van der Waals surface area (Å²) in [7, 11) is -5.39. The zero-order valence-electron chi connectivity index (χ0n) is 4.49. The molecule has 0 aliphatic rings. The summed E-state index contributed by atoms with van der Waals surface area (Å²) in [6.45, 7) is 0. The quantitative estimate of drug-likeness (QED) is 0.275. The molecule has 0 saturated carbocycles. The zero-order valence-corrected chi connectivity index (χ0v) is 9.81. The first-order valence-corrected chi connectivity index (χ1v) is 2.19. The smallest absolute Gasteiger partial charge is 0.822 e. The molecule has 0 rings (SSSR count). The number of hydrogen-bond acceptors (Lipinski definition) is 4. The van der Waals surface area contributed by atoms with E-state index in [9.17, 15) is 0 Å². The first kappa shape index (κ1) is 22.5. The van der Waals surface area contributed by atoms with Crippen LogP contribution >= 0.6 is 7.82 Å². The molecule has 0 saturated heterocycles. The zero-order chi connectivity index (χ0) is 4.50. The van der Waals surface area contributed by atoms with Crippen LogP contribution in [0.3, 0.4) is 0 Å². The predicted molar refractivity (Wildman–Crippen MR) is 19.1 cm³/mol. The van der Waals surface area contributed by atoms with E-state index >= 15 is 0 Å². The van der Waals surface area contributed by atoms with Gasteiger partial charge in [0.1, 0.15) is 0 Å². The molecule has 0 bridgehead atoms. The minimum absolute atomic E-state index is 0. The van der Waals surface area contributed by atoms with E-state index in [2.05, 4.69) is 0 Å². The van der Waals surface area contributed by atoms with Crippen LogP contribution in [0, 0.1) is 0 Å². The van der Waals surface area contributed by atoms with Crippen LogP contribution in [0.2, 0.25) is 0 Å². The summed E-state index contributed by atoms with van der Waals surface area (Å²) in [5.41, 5.74) is 0. The van der Waals surface area contributed by atoms with E-state index in [1.54, 1.807) is 0 Å². The van der Waals surface area contributed by atoms with Crippen molar-refractivity contribution in [2.45, 2.75) is 0 Å². The fourth-order valence-corrected chi connectivity index (χ4v) is 0. The largest absolute Gasteiger partial charge is 2.00 e. The van der Waals surface area contributed by atoms with Gasteiger partial charge in [0.05, 0.1) is 0 Å². The van der Waals surface area contributed by atoms with Gasteiger partial charge in [-0.15, -0.1) is 0 Å². The van der Waals surface area contributed by atoms with Gasteiger partial charge in [-0.3, -0.25) is 0 Å². The molecule has 0 N–H and O–H groups in total. The van der Waals surface area contributed by atoms with Gasteiger partial charge < -0.3 is 19.2 Å². The van der Waals surface area contributed by atoms with Crippen LogP contribution in [-0.2, 0) is 4.57 Å². The van der Waals surface area contributed by atoms with Crippen molar-refractivity contribution in [2.24, 2.45) is 0 Å². The van der Waals surface area contributed by atoms with Gasteiger partial charge in [0, 0.05) is 0 Å². The van der Waals surface area contributed by atoms with E-state index in [0.29, 0.717) is 0 Å². The average molecular weight is 182 g/mol. The third kappa shape index (κ3) is 60.0. The summed E-state index contributed by atoms with van der Waals surface area (Å²) in [4.78, 5) is 25.6. The van der Waals surface area contributed by atoms with Gasteiger partial charge in [-0.05, 0) is 0 Å². The minimum Gasteiger partial charge on any atom is -0.822 e. The van der Waals surface area contributed by atoms with Gasteiger partial charge in [-0.25, -0.2) is 0 Å². The number of phosphoric acid groups is 1. The molecule has 0 heterocycles. The summed E-state index contributed by atoms with van der Waals surface area (Å²) in [6, 6.07) is 0. The Morgan fingerprint density at radius 3 is 1.00 bits per heavy atom. The molecular weight excluding hydrogens is 182 g/mol. The second kappa shape index (κ2) is 10.2. The van der Waals surface area contributed by atoms with Crippen molar-refractivity contribution in [1.82, 2.24) is 0 Å². The molecule has 0 spiro atoms. The Bertz CT molecular complexity index is 60.2. The Labute approximate surface area is 119 Å². The normalized spacial score (nSPS) is 7.38. The Hall–Kier alpha value is 3.23. The number of hydrogen-bond donors (Lipinski definition) is 0. The molecule has 8 heteroatoms. The number of rotatable bonds is 0. The van der Waals surface area contributed by atoms with E-state index in [1.165, 1.54) is 0 Å². The Morgan fingerprint density at radius 2 is 1.00 bits per heavy atom. The maximum absolute atomic E-state index is 8.55. The Morgan fingerprint density at radius 1 is 1.00 bits per heavy atom. The molecule has 4 nitrogen and oxygen atoms in total. The molecule has 0 aromatic carbocycles. The Kier molecular flexibility index (Phi) is 28.7. The van der Waals surface area contributed by atoms with Crippen LogP contribution in [0.1, 0.15) is 0 Å². The topological polar surface area (TPSA) is 86.2 Å². The van der Waals surface area contributed by atoms with Gasteiger partial charge in [0.25, 0.3) is 0 Å². The summed E-state index contributed by atoms with van der Waals surface area (Å²) < 4.78 is 8.55. The van der Waals surface area contributed by atoms with Crippen molar-refractivity contribution in [3.63, 3.8) is 0 Å². The van der Waals surface area contributed by atoms with Crippen molar-refractivity contribution < 1.29 is 38.1 Å². The van der Waals surface area contributed by atoms with Crippen molar-refractivity contribution in [2.75, 3.05) is 0 Å². The van der Waals surface area contributed by atoms with Crippen LogP contribution in [-0.4, -0.2) is 75.5 Å². The fourth-order valence-electron chi connectivity index (χ4n) is 0. The second-order valence-electron chi connectivity index (χ2n) is 0.447. The van der Waals surface area contributed by atoms with Crippen LogP contribution in [0.5, 0.6) is 0 Å². The Balaban J connectivity index is -0.0000000267. The molecule has 0 fully saturated rings. The van der Waals surface area contributed by atoms with Gasteiger partial charge in [-0.1, -0.05) is 0 Å².